The Hall–Kier alpha value is -3.88. The second-order valence-electron chi connectivity index (χ2n) is 8.22. The molecule has 0 aliphatic heterocycles. The van der Waals surface area contributed by atoms with Gasteiger partial charge in [-0.05, 0) is 43.7 Å². The highest BCUT2D eigenvalue weighted by atomic mass is 32.2. The summed E-state index contributed by atoms with van der Waals surface area (Å²) in [5.74, 6) is 0.492. The zero-order valence-electron chi connectivity index (χ0n) is 20.4. The fourth-order valence-electron chi connectivity index (χ4n) is 4.16. The quantitative estimate of drug-likeness (QED) is 0.183. The highest BCUT2D eigenvalue weighted by Crippen LogP contribution is 2.37. The SMILES string of the molecule is CCOc1ccccc1NC(=O)CSc1nc2sc(C)c(-c3ccccc3)c2c(=O)n1-c1ccccc1. The molecular weight excluding hydrogens is 502 g/mol. The molecule has 186 valence electrons. The predicted octanol–water partition coefficient (Wildman–Crippen LogP) is 6.55. The van der Waals surface area contributed by atoms with Crippen LogP contribution in [0.5, 0.6) is 5.75 Å². The number of carbonyl (C=O) groups is 1. The number of nitrogens with one attached hydrogen (secondary N) is 1. The van der Waals surface area contributed by atoms with Crippen LogP contribution in [0.2, 0.25) is 0 Å². The average molecular weight is 528 g/mol. The van der Waals surface area contributed by atoms with Crippen molar-refractivity contribution in [3.05, 3.63) is 100 Å². The Balaban J connectivity index is 1.53. The van der Waals surface area contributed by atoms with Crippen LogP contribution in [0.4, 0.5) is 5.69 Å². The van der Waals surface area contributed by atoms with Crippen LogP contribution in [0.3, 0.4) is 0 Å². The third kappa shape index (κ3) is 5.16. The molecule has 37 heavy (non-hydrogen) atoms. The molecule has 5 aromatic rings. The Morgan fingerprint density at radius 1 is 1.00 bits per heavy atom. The van der Waals surface area contributed by atoms with Crippen molar-refractivity contribution in [1.29, 1.82) is 0 Å². The topological polar surface area (TPSA) is 73.2 Å². The standard InChI is InChI=1S/C29H25N3O3S2/c1-3-35-23-17-11-10-16-22(23)30-24(33)18-36-29-31-27-26(28(34)32(29)21-14-8-5-9-15-21)25(19(2)37-27)20-12-6-4-7-13-20/h4-17H,3,18H2,1-2H3,(H,30,33). The number of thioether (sulfide) groups is 1. The van der Waals surface area contributed by atoms with Gasteiger partial charge in [-0.3, -0.25) is 14.2 Å². The van der Waals surface area contributed by atoms with E-state index in [1.807, 2.05) is 92.7 Å². The molecule has 1 amide bonds. The lowest BCUT2D eigenvalue weighted by Crippen LogP contribution is -2.22. The molecule has 0 unspecified atom stereocenters. The zero-order chi connectivity index (χ0) is 25.8. The highest BCUT2D eigenvalue weighted by Gasteiger charge is 2.21. The van der Waals surface area contributed by atoms with Crippen LogP contribution in [-0.2, 0) is 4.79 Å². The number of thiophene rings is 1. The van der Waals surface area contributed by atoms with E-state index in [0.717, 1.165) is 16.0 Å². The summed E-state index contributed by atoms with van der Waals surface area (Å²) in [6, 6.07) is 26.7. The Bertz CT molecular complexity index is 1610. The number of benzene rings is 3. The molecule has 0 saturated heterocycles. The number of ether oxygens (including phenoxy) is 1. The average Bonchev–Trinajstić information content (AvgIpc) is 3.26. The lowest BCUT2D eigenvalue weighted by Gasteiger charge is -2.13. The largest absolute Gasteiger partial charge is 0.492 e. The molecule has 0 spiro atoms. The van der Waals surface area contributed by atoms with Crippen LogP contribution >= 0.6 is 23.1 Å². The number of rotatable bonds is 8. The molecule has 0 radical (unpaired) electrons. The van der Waals surface area contributed by atoms with E-state index in [0.29, 0.717) is 39.1 Å². The van der Waals surface area contributed by atoms with Gasteiger partial charge in [-0.15, -0.1) is 11.3 Å². The van der Waals surface area contributed by atoms with Crippen molar-refractivity contribution in [2.45, 2.75) is 19.0 Å². The van der Waals surface area contributed by atoms with Crippen molar-refractivity contribution in [1.82, 2.24) is 9.55 Å². The summed E-state index contributed by atoms with van der Waals surface area (Å²) >= 11 is 2.73. The first-order valence-corrected chi connectivity index (χ1v) is 13.7. The maximum Gasteiger partial charge on any atom is 0.268 e. The number of hydrogen-bond donors (Lipinski definition) is 1. The van der Waals surface area contributed by atoms with Crippen LogP contribution in [-0.4, -0.2) is 27.8 Å². The number of aryl methyl sites for hydroxylation is 1. The van der Waals surface area contributed by atoms with Gasteiger partial charge in [0.05, 0.1) is 29.1 Å². The predicted molar refractivity (Wildman–Crippen MR) is 152 cm³/mol. The summed E-state index contributed by atoms with van der Waals surface area (Å²) in [4.78, 5) is 33.5. The number of carbonyl (C=O) groups excluding carboxylic acids is 1. The number of hydrogen-bond acceptors (Lipinski definition) is 6. The van der Waals surface area contributed by atoms with Crippen LogP contribution < -0.4 is 15.6 Å². The monoisotopic (exact) mass is 527 g/mol. The Kier molecular flexibility index (Phi) is 7.39. The van der Waals surface area contributed by atoms with Crippen molar-refractivity contribution in [3.8, 4) is 22.6 Å². The molecule has 0 atom stereocenters. The van der Waals surface area contributed by atoms with Crippen molar-refractivity contribution < 1.29 is 9.53 Å². The van der Waals surface area contributed by atoms with Gasteiger partial charge >= 0.3 is 0 Å². The summed E-state index contributed by atoms with van der Waals surface area (Å²) in [6.45, 7) is 4.41. The van der Waals surface area contributed by atoms with Gasteiger partial charge in [0.2, 0.25) is 5.91 Å². The number of fused-ring (bicyclic) bond motifs is 1. The molecule has 0 saturated carbocycles. The van der Waals surface area contributed by atoms with E-state index in [4.69, 9.17) is 9.72 Å². The van der Waals surface area contributed by atoms with Gasteiger partial charge in [0, 0.05) is 10.4 Å². The first kappa shape index (κ1) is 24.8. The van der Waals surface area contributed by atoms with Crippen molar-refractivity contribution in [2.24, 2.45) is 0 Å². The van der Waals surface area contributed by atoms with Crippen LogP contribution in [0, 0.1) is 6.92 Å². The Morgan fingerprint density at radius 2 is 1.68 bits per heavy atom. The minimum atomic E-state index is -0.210. The Morgan fingerprint density at radius 3 is 2.41 bits per heavy atom. The van der Waals surface area contributed by atoms with Crippen LogP contribution in [0.15, 0.2) is 94.9 Å². The fourth-order valence-corrected chi connectivity index (χ4v) is 6.06. The molecule has 1 N–H and O–H groups in total. The molecular formula is C29H25N3O3S2. The van der Waals surface area contributed by atoms with E-state index in [2.05, 4.69) is 5.32 Å². The van der Waals surface area contributed by atoms with Gasteiger partial charge in [-0.2, -0.15) is 0 Å². The van der Waals surface area contributed by atoms with Crippen molar-refractivity contribution in [2.75, 3.05) is 17.7 Å². The summed E-state index contributed by atoms with van der Waals surface area (Å²) in [6.07, 6.45) is 0. The van der Waals surface area contributed by atoms with Gasteiger partial charge in [-0.25, -0.2) is 4.98 Å². The molecule has 5 rings (SSSR count). The summed E-state index contributed by atoms with van der Waals surface area (Å²) in [5.41, 5.74) is 3.06. The minimum absolute atomic E-state index is 0.0845. The number of para-hydroxylation sites is 3. The molecule has 2 heterocycles. The number of nitrogens with zero attached hydrogens (tertiary/aromatic N) is 2. The van der Waals surface area contributed by atoms with Gasteiger partial charge in [-0.1, -0.05) is 72.4 Å². The first-order chi connectivity index (χ1) is 18.1. The lowest BCUT2D eigenvalue weighted by molar-refractivity contribution is -0.113. The van der Waals surface area contributed by atoms with Crippen molar-refractivity contribution >= 4 is 44.9 Å². The van der Waals surface area contributed by atoms with Gasteiger partial charge in [0.1, 0.15) is 10.6 Å². The first-order valence-electron chi connectivity index (χ1n) is 11.9. The van der Waals surface area contributed by atoms with Crippen molar-refractivity contribution in [3.63, 3.8) is 0 Å². The number of anilines is 1. The summed E-state index contributed by atoms with van der Waals surface area (Å²) < 4.78 is 7.22. The normalized spacial score (nSPS) is 11.0. The fraction of sp³-hybridized carbons (Fsp3) is 0.138. The third-order valence-electron chi connectivity index (χ3n) is 5.74. The van der Waals surface area contributed by atoms with E-state index in [1.54, 1.807) is 10.6 Å². The summed E-state index contributed by atoms with van der Waals surface area (Å²) in [7, 11) is 0. The highest BCUT2D eigenvalue weighted by molar-refractivity contribution is 7.99. The maximum absolute atomic E-state index is 14.0. The van der Waals surface area contributed by atoms with Crippen LogP contribution in [0.1, 0.15) is 11.8 Å². The van der Waals surface area contributed by atoms with E-state index in [1.165, 1.54) is 23.1 Å². The Labute approximate surface area is 223 Å². The molecule has 0 aliphatic carbocycles. The van der Waals surface area contributed by atoms with Gasteiger partial charge in [0.15, 0.2) is 5.16 Å². The molecule has 8 heteroatoms. The van der Waals surface area contributed by atoms with E-state index in [9.17, 15) is 9.59 Å². The number of aromatic nitrogens is 2. The van der Waals surface area contributed by atoms with E-state index >= 15 is 0 Å². The molecule has 0 fully saturated rings. The molecule has 0 aliphatic rings. The molecule has 0 bridgehead atoms. The maximum atomic E-state index is 14.0. The smallest absolute Gasteiger partial charge is 0.268 e. The van der Waals surface area contributed by atoms with Crippen LogP contribution in [0.25, 0.3) is 27.0 Å². The third-order valence-corrected chi connectivity index (χ3v) is 7.68. The molecule has 2 aromatic heterocycles. The minimum Gasteiger partial charge on any atom is -0.492 e. The second-order valence-corrected chi connectivity index (χ2v) is 10.4. The lowest BCUT2D eigenvalue weighted by atomic mass is 10.0. The van der Waals surface area contributed by atoms with E-state index in [-0.39, 0.29) is 17.2 Å². The van der Waals surface area contributed by atoms with Gasteiger partial charge in [0.25, 0.3) is 5.56 Å². The second kappa shape index (κ2) is 11.0. The number of amides is 1. The summed E-state index contributed by atoms with van der Waals surface area (Å²) in [5, 5.41) is 3.98. The molecule has 3 aromatic carbocycles. The molecule has 6 nitrogen and oxygen atoms in total. The van der Waals surface area contributed by atoms with Gasteiger partial charge < -0.3 is 10.1 Å². The zero-order valence-corrected chi connectivity index (χ0v) is 22.1. The van der Waals surface area contributed by atoms with E-state index < -0.39 is 0 Å².